The van der Waals surface area contributed by atoms with Crippen molar-refractivity contribution in [3.05, 3.63) is 216 Å². The zero-order chi connectivity index (χ0) is 48.5. The van der Waals surface area contributed by atoms with Crippen molar-refractivity contribution in [2.45, 2.75) is 20.3 Å². The Labute approximate surface area is 395 Å². The molecular weight excluding hydrogens is 887 g/mol. The molecule has 340 valence electrons. The van der Waals surface area contributed by atoms with Crippen molar-refractivity contribution < 1.29 is 22.5 Å². The van der Waals surface area contributed by atoms with Gasteiger partial charge in [0.15, 0.2) is 61.7 Å². The van der Waals surface area contributed by atoms with Gasteiger partial charge in [-0.05, 0) is 86.1 Å². The molecule has 4 aliphatic heterocycles. The minimum Gasteiger partial charge on any atom is -0.453 e. The molecule has 4 aliphatic carbocycles. The van der Waals surface area contributed by atoms with Gasteiger partial charge in [0.1, 0.15) is 50.6 Å². The maximum absolute atomic E-state index is 12.0. The van der Waals surface area contributed by atoms with Gasteiger partial charge in [0, 0.05) is 47.0 Å². The second-order valence-electron chi connectivity index (χ2n) is 16.2. The Morgan fingerprint density at radius 3 is 1.37 bits per heavy atom. The molecule has 2 N–H and O–H groups in total. The van der Waals surface area contributed by atoms with E-state index >= 15 is 0 Å². The van der Waals surface area contributed by atoms with Crippen LogP contribution in [-0.4, -0.2) is 25.7 Å². The molecule has 4 heterocycles. The molecule has 0 aromatic heterocycles. The lowest BCUT2D eigenvalue weighted by molar-refractivity contribution is -0.116. The molecule has 0 saturated heterocycles. The number of nitrogens with zero attached hydrogens (tertiary/aromatic N) is 4. The molecular formula is C56H37N5O9. The van der Waals surface area contributed by atoms with Crippen LogP contribution in [0.25, 0.3) is 101 Å². The highest BCUT2D eigenvalue weighted by molar-refractivity contribution is 5.96. The molecule has 13 rings (SSSR count). The number of carbonyl (C=O) groups excluding carboxylic acids is 1. The third-order valence-corrected chi connectivity index (χ3v) is 11.2. The van der Waals surface area contributed by atoms with E-state index in [-0.39, 0.29) is 39.6 Å². The number of fused-ring (bicyclic) bond motifs is 10. The van der Waals surface area contributed by atoms with E-state index in [0.29, 0.717) is 73.3 Å². The summed E-state index contributed by atoms with van der Waals surface area (Å²) in [6.07, 6.45) is 0.128. The van der Waals surface area contributed by atoms with Gasteiger partial charge in [0.05, 0.1) is 5.69 Å². The topological polar surface area (TPSA) is 215 Å². The van der Waals surface area contributed by atoms with Crippen LogP contribution in [0.5, 0.6) is 0 Å². The number of aryl methyl sites for hydroxylation is 1. The smallest absolute Gasteiger partial charge is 0.205 e. The molecule has 0 atom stereocenters. The summed E-state index contributed by atoms with van der Waals surface area (Å²) in [6, 6.07) is 48.0. The lowest BCUT2D eigenvalue weighted by Crippen LogP contribution is -2.12. The summed E-state index contributed by atoms with van der Waals surface area (Å²) < 4.78 is 22.6. The minimum absolute atomic E-state index is 0.0201. The molecule has 0 bridgehead atoms. The Bertz CT molecular complexity index is 4110. The molecule has 8 aliphatic rings. The van der Waals surface area contributed by atoms with Gasteiger partial charge in [-0.25, -0.2) is 19.9 Å². The van der Waals surface area contributed by atoms with E-state index in [1.165, 1.54) is 37.3 Å². The van der Waals surface area contributed by atoms with Gasteiger partial charge < -0.3 is 23.4 Å². The Balaban J connectivity index is 0.000000108. The molecule has 0 amide bonds. The van der Waals surface area contributed by atoms with Crippen molar-refractivity contribution in [3.8, 4) is 45.8 Å². The van der Waals surface area contributed by atoms with E-state index in [0.717, 1.165) is 38.8 Å². The standard InChI is InChI=1S/C16H9NO2.C15H11NO3.C13H9NO2.C12H8N2O2/c18-13-9-15-16(11-6-2-1-5-10(11)13)17-12-7-3-4-8-14(12)19-15;1-9(17)6-10-7-12-15(8-13(10)18)19-14-5-3-2-4-11(14)16-12;1-8-6-10-13(7-11(8)15)16-12-5-3-2-4-9(12)14-10;13-7-5-9-12(6-10(7)15)16-11-4-2-1-3-8(11)14-9/h1-9H;2-5,7-8H,6H2,1H3;2-7H,1H3;1-6H,13H2. The van der Waals surface area contributed by atoms with Crippen LogP contribution in [0.3, 0.4) is 0 Å². The lowest BCUT2D eigenvalue weighted by atomic mass is 10.1. The summed E-state index contributed by atoms with van der Waals surface area (Å²) in [5, 5.41) is 1.51. The zero-order valence-corrected chi connectivity index (χ0v) is 37.3. The van der Waals surface area contributed by atoms with E-state index in [4.69, 9.17) is 23.4 Å². The van der Waals surface area contributed by atoms with E-state index < -0.39 is 0 Å². The number of hydrogen-bond donors (Lipinski definition) is 1. The lowest BCUT2D eigenvalue weighted by Gasteiger charge is -2.08. The van der Waals surface area contributed by atoms with Crippen LogP contribution >= 0.6 is 0 Å². The van der Waals surface area contributed by atoms with Crippen molar-refractivity contribution >= 4 is 66.6 Å². The first-order valence-corrected chi connectivity index (χ1v) is 21.9. The number of rotatable bonds is 2. The fourth-order valence-electron chi connectivity index (χ4n) is 7.75. The monoisotopic (exact) mass is 923 g/mol. The van der Waals surface area contributed by atoms with Gasteiger partial charge in [-0.3, -0.25) is 24.0 Å². The Morgan fingerprint density at radius 2 is 0.843 bits per heavy atom. The zero-order valence-electron chi connectivity index (χ0n) is 37.3. The number of Topliss-reactive ketones (excluding diaryl/α,β-unsaturated/α-hetero) is 1. The summed E-state index contributed by atoms with van der Waals surface area (Å²) >= 11 is 0. The second-order valence-corrected chi connectivity index (χ2v) is 16.2. The summed E-state index contributed by atoms with van der Waals surface area (Å²) in [5.74, 6) is 1.92. The number of benzene rings is 9. The SMILES string of the molecule is CC(=O)Cc1cc2nc3ccccc3oc-2cc1=O.Cc1cc2nc3ccccc3oc-2cc1=O.Nc1cc2nc3ccccc3oc-2cc1=O.O=c1cc2oc3ccccc3nc-2c2ccccc12. The molecule has 0 unspecified atom stereocenters. The highest BCUT2D eigenvalue weighted by atomic mass is 16.3. The van der Waals surface area contributed by atoms with Crippen LogP contribution in [0.4, 0.5) is 5.69 Å². The van der Waals surface area contributed by atoms with Gasteiger partial charge >= 0.3 is 0 Å². The van der Waals surface area contributed by atoms with Crippen molar-refractivity contribution in [1.82, 2.24) is 19.9 Å². The van der Waals surface area contributed by atoms with Crippen LogP contribution in [0.15, 0.2) is 201 Å². The van der Waals surface area contributed by atoms with Gasteiger partial charge in [-0.1, -0.05) is 72.8 Å². The first kappa shape index (κ1) is 44.2. The first-order chi connectivity index (χ1) is 33.9. The predicted octanol–water partition coefficient (Wildman–Crippen LogP) is 10.3. The average molecular weight is 924 g/mol. The normalized spacial score (nSPS) is 11.1. The Morgan fingerprint density at radius 1 is 0.443 bits per heavy atom. The van der Waals surface area contributed by atoms with Crippen LogP contribution in [-0.2, 0) is 11.2 Å². The quantitative estimate of drug-likeness (QED) is 0.0970. The molecule has 14 nitrogen and oxygen atoms in total. The molecule has 0 saturated carbocycles. The van der Waals surface area contributed by atoms with Gasteiger partial charge in [0.2, 0.25) is 5.43 Å². The number of nitrogens with two attached hydrogens (primary N) is 1. The highest BCUT2D eigenvalue weighted by Gasteiger charge is 2.17. The van der Waals surface area contributed by atoms with Gasteiger partial charge in [0.25, 0.3) is 0 Å². The predicted molar refractivity (Wildman–Crippen MR) is 269 cm³/mol. The van der Waals surface area contributed by atoms with Gasteiger partial charge in [-0.15, -0.1) is 0 Å². The van der Waals surface area contributed by atoms with E-state index in [1.807, 2.05) is 115 Å². The maximum Gasteiger partial charge on any atom is 0.205 e. The molecule has 5 aromatic carbocycles. The molecule has 0 fully saturated rings. The maximum atomic E-state index is 12.0. The number of nitrogen functional groups attached to an aromatic ring is 1. The van der Waals surface area contributed by atoms with Gasteiger partial charge in [-0.2, -0.15) is 0 Å². The van der Waals surface area contributed by atoms with Crippen LogP contribution in [0, 0.1) is 6.92 Å². The number of aromatic nitrogens is 4. The van der Waals surface area contributed by atoms with Crippen molar-refractivity contribution in [2.24, 2.45) is 0 Å². The molecule has 5 aromatic rings. The summed E-state index contributed by atoms with van der Waals surface area (Å²) in [6.45, 7) is 3.24. The Hall–Kier alpha value is -9.69. The summed E-state index contributed by atoms with van der Waals surface area (Å²) in [5.41, 5.74) is 14.7. The van der Waals surface area contributed by atoms with Crippen LogP contribution in [0.1, 0.15) is 18.1 Å². The largest absolute Gasteiger partial charge is 0.453 e. The molecule has 0 radical (unpaired) electrons. The first-order valence-electron chi connectivity index (χ1n) is 21.9. The number of hydrogen-bond acceptors (Lipinski definition) is 14. The number of para-hydroxylation sites is 8. The van der Waals surface area contributed by atoms with Crippen LogP contribution in [0.2, 0.25) is 0 Å². The fourth-order valence-corrected chi connectivity index (χ4v) is 7.75. The minimum atomic E-state index is -0.242. The fraction of sp³-hybridized carbons (Fsp3) is 0.0536. The average Bonchev–Trinajstić information content (AvgIpc) is 3.36. The van der Waals surface area contributed by atoms with Crippen molar-refractivity contribution in [2.75, 3.05) is 5.73 Å². The summed E-state index contributed by atoms with van der Waals surface area (Å²) in [4.78, 5) is 75.7. The third-order valence-electron chi connectivity index (χ3n) is 11.2. The molecule has 70 heavy (non-hydrogen) atoms. The molecule has 0 spiro atoms. The Kier molecular flexibility index (Phi) is 11.7. The van der Waals surface area contributed by atoms with E-state index in [1.54, 1.807) is 25.1 Å². The number of carbonyl (C=O) groups is 1. The second kappa shape index (κ2) is 18.5. The van der Waals surface area contributed by atoms with Crippen molar-refractivity contribution in [3.63, 3.8) is 0 Å². The third kappa shape index (κ3) is 9.07. The van der Waals surface area contributed by atoms with Crippen LogP contribution < -0.4 is 27.4 Å². The van der Waals surface area contributed by atoms with Crippen molar-refractivity contribution in [1.29, 1.82) is 0 Å². The number of ketones is 1. The highest BCUT2D eigenvalue weighted by Crippen LogP contribution is 2.30. The summed E-state index contributed by atoms with van der Waals surface area (Å²) in [7, 11) is 0. The van der Waals surface area contributed by atoms with E-state index in [9.17, 15) is 24.0 Å². The van der Waals surface area contributed by atoms with E-state index in [2.05, 4.69) is 19.9 Å². The number of anilines is 1. The molecule has 14 heteroatoms.